The predicted octanol–water partition coefficient (Wildman–Crippen LogP) is 4.96. The Hall–Kier alpha value is -2.41. The number of hydrogen-bond acceptors (Lipinski definition) is 5. The molecule has 0 radical (unpaired) electrons. The van der Waals surface area contributed by atoms with E-state index in [-0.39, 0.29) is 5.91 Å². The second kappa shape index (κ2) is 9.87. The van der Waals surface area contributed by atoms with E-state index < -0.39 is 0 Å². The Balaban J connectivity index is 1.89. The Bertz CT molecular complexity index is 1020. The molecule has 1 aromatic heterocycles. The van der Waals surface area contributed by atoms with Crippen LogP contribution < -0.4 is 9.64 Å². The molecule has 1 heterocycles. The molecule has 7 heteroatoms. The van der Waals surface area contributed by atoms with E-state index in [1.54, 1.807) is 30.2 Å². The highest BCUT2D eigenvalue weighted by atomic mass is 35.5. The summed E-state index contributed by atoms with van der Waals surface area (Å²) in [5.41, 5.74) is 1.58. The topological polar surface area (TPSA) is 45.7 Å². The van der Waals surface area contributed by atoms with E-state index in [9.17, 15) is 4.79 Å². The van der Waals surface area contributed by atoms with Crippen LogP contribution in [0.1, 0.15) is 12.0 Å². The molecule has 0 aliphatic heterocycles. The number of para-hydroxylation sites is 1. The van der Waals surface area contributed by atoms with Crippen molar-refractivity contribution in [3.05, 3.63) is 59.1 Å². The van der Waals surface area contributed by atoms with Gasteiger partial charge in [-0.3, -0.25) is 9.69 Å². The van der Waals surface area contributed by atoms with Crippen LogP contribution in [0.5, 0.6) is 5.75 Å². The van der Waals surface area contributed by atoms with E-state index in [2.05, 4.69) is 4.90 Å². The summed E-state index contributed by atoms with van der Waals surface area (Å²) in [5, 5.41) is 1.28. The molecule has 0 aliphatic rings. The summed E-state index contributed by atoms with van der Waals surface area (Å²) in [6.07, 6.45) is 4.14. The molecule has 3 rings (SSSR count). The highest BCUT2D eigenvalue weighted by Gasteiger charge is 2.19. The lowest BCUT2D eigenvalue weighted by Gasteiger charge is -2.19. The second-order valence-electron chi connectivity index (χ2n) is 6.81. The third-order valence-corrected chi connectivity index (χ3v) is 5.77. The van der Waals surface area contributed by atoms with E-state index >= 15 is 0 Å². The van der Waals surface area contributed by atoms with Crippen LogP contribution in [-0.4, -0.2) is 50.1 Å². The molecule has 29 heavy (non-hydrogen) atoms. The molecule has 0 N–H and O–H groups in total. The van der Waals surface area contributed by atoms with E-state index in [1.807, 2.05) is 50.5 Å². The molecule has 2 aromatic carbocycles. The molecule has 0 bridgehead atoms. The summed E-state index contributed by atoms with van der Waals surface area (Å²) < 4.78 is 6.40. The van der Waals surface area contributed by atoms with Gasteiger partial charge in [0.1, 0.15) is 11.3 Å². The minimum atomic E-state index is -0.123. The third kappa shape index (κ3) is 5.35. The Morgan fingerprint density at radius 1 is 1.17 bits per heavy atom. The number of aromatic nitrogens is 1. The standard InChI is InChI=1S/C22H24ClN3O2S/c1-25(2)14-7-15-26(20(27)13-12-16-8-4-5-9-17(16)23)22-24-21-18(28-3)10-6-11-19(21)29-22/h4-6,8-13H,7,14-15H2,1-3H3/b13-12+. The predicted molar refractivity (Wildman–Crippen MR) is 122 cm³/mol. The normalized spacial score (nSPS) is 11.5. The maximum absolute atomic E-state index is 13.1. The molecule has 3 aromatic rings. The Kier molecular flexibility index (Phi) is 7.25. The van der Waals surface area contributed by atoms with Crippen LogP contribution in [0.15, 0.2) is 48.5 Å². The lowest BCUT2D eigenvalue weighted by Crippen LogP contribution is -2.32. The zero-order chi connectivity index (χ0) is 20.8. The van der Waals surface area contributed by atoms with Crippen molar-refractivity contribution in [1.82, 2.24) is 9.88 Å². The van der Waals surface area contributed by atoms with Crippen molar-refractivity contribution >= 4 is 50.3 Å². The van der Waals surface area contributed by atoms with Gasteiger partial charge in [-0.25, -0.2) is 4.98 Å². The minimum Gasteiger partial charge on any atom is -0.494 e. The lowest BCUT2D eigenvalue weighted by molar-refractivity contribution is -0.114. The van der Waals surface area contributed by atoms with E-state index in [4.69, 9.17) is 21.3 Å². The first-order chi connectivity index (χ1) is 14.0. The summed E-state index contributed by atoms with van der Waals surface area (Å²) in [7, 11) is 5.66. The first kappa shape index (κ1) is 21.3. The number of nitrogens with zero attached hydrogens (tertiary/aromatic N) is 3. The summed E-state index contributed by atoms with van der Waals surface area (Å²) in [6.45, 7) is 1.46. The van der Waals surface area contributed by atoms with Crippen molar-refractivity contribution in [1.29, 1.82) is 0 Å². The molecule has 5 nitrogen and oxygen atoms in total. The highest BCUT2D eigenvalue weighted by molar-refractivity contribution is 7.22. The van der Waals surface area contributed by atoms with Gasteiger partial charge in [0.25, 0.3) is 5.91 Å². The monoisotopic (exact) mass is 429 g/mol. The Labute approximate surface area is 180 Å². The van der Waals surface area contributed by atoms with Gasteiger partial charge in [0.15, 0.2) is 5.13 Å². The van der Waals surface area contributed by atoms with Crippen LogP contribution >= 0.6 is 22.9 Å². The molecule has 0 saturated carbocycles. The van der Waals surface area contributed by atoms with Crippen LogP contribution in [0.2, 0.25) is 5.02 Å². The SMILES string of the molecule is COc1cccc2sc(N(CCCN(C)C)C(=O)/C=C/c3ccccc3Cl)nc12. The molecular weight excluding hydrogens is 406 g/mol. The number of amides is 1. The van der Waals surface area contributed by atoms with Crippen molar-refractivity contribution in [2.24, 2.45) is 0 Å². The second-order valence-corrected chi connectivity index (χ2v) is 8.22. The van der Waals surface area contributed by atoms with E-state index in [0.29, 0.717) is 22.4 Å². The summed E-state index contributed by atoms with van der Waals surface area (Å²) in [4.78, 5) is 21.6. The molecule has 0 aliphatic carbocycles. The Morgan fingerprint density at radius 2 is 1.97 bits per heavy atom. The molecular formula is C22H24ClN3O2S. The third-order valence-electron chi connectivity index (χ3n) is 4.39. The van der Waals surface area contributed by atoms with Crippen molar-refractivity contribution in [3.8, 4) is 5.75 Å². The number of rotatable bonds is 8. The molecule has 0 spiro atoms. The maximum atomic E-state index is 13.1. The fraction of sp³-hybridized carbons (Fsp3) is 0.273. The van der Waals surface area contributed by atoms with Gasteiger partial charge in [-0.15, -0.1) is 0 Å². The van der Waals surface area contributed by atoms with E-state index in [1.165, 1.54) is 11.3 Å². The lowest BCUT2D eigenvalue weighted by atomic mass is 10.2. The number of fused-ring (bicyclic) bond motifs is 1. The van der Waals surface area contributed by atoms with Crippen LogP contribution in [0.4, 0.5) is 5.13 Å². The van der Waals surface area contributed by atoms with Gasteiger partial charge in [0, 0.05) is 17.6 Å². The van der Waals surface area contributed by atoms with Gasteiger partial charge in [-0.2, -0.15) is 0 Å². The van der Waals surface area contributed by atoms with Gasteiger partial charge in [-0.05, 0) is 56.9 Å². The van der Waals surface area contributed by atoms with Crippen molar-refractivity contribution in [3.63, 3.8) is 0 Å². The quantitative estimate of drug-likeness (QED) is 0.475. The first-order valence-electron chi connectivity index (χ1n) is 9.32. The maximum Gasteiger partial charge on any atom is 0.252 e. The zero-order valence-electron chi connectivity index (χ0n) is 16.8. The van der Waals surface area contributed by atoms with Gasteiger partial charge in [-0.1, -0.05) is 47.2 Å². The van der Waals surface area contributed by atoms with Crippen LogP contribution in [0.3, 0.4) is 0 Å². The van der Waals surface area contributed by atoms with Gasteiger partial charge < -0.3 is 9.64 Å². The van der Waals surface area contributed by atoms with Gasteiger partial charge >= 0.3 is 0 Å². The molecule has 1 amide bonds. The fourth-order valence-electron chi connectivity index (χ4n) is 2.90. The van der Waals surface area contributed by atoms with E-state index in [0.717, 1.165) is 28.7 Å². The van der Waals surface area contributed by atoms with Crippen LogP contribution in [-0.2, 0) is 4.79 Å². The number of carbonyl (C=O) groups is 1. The minimum absolute atomic E-state index is 0.123. The number of hydrogen-bond donors (Lipinski definition) is 0. The number of carbonyl (C=O) groups excluding carboxylic acids is 1. The zero-order valence-corrected chi connectivity index (χ0v) is 18.3. The van der Waals surface area contributed by atoms with Gasteiger partial charge in [0.05, 0.1) is 11.8 Å². The molecule has 0 unspecified atom stereocenters. The van der Waals surface area contributed by atoms with Gasteiger partial charge in [0.2, 0.25) is 0 Å². The summed E-state index contributed by atoms with van der Waals surface area (Å²) in [5.74, 6) is 0.582. The number of benzene rings is 2. The Morgan fingerprint density at radius 3 is 2.69 bits per heavy atom. The smallest absolute Gasteiger partial charge is 0.252 e. The number of halogens is 1. The summed E-state index contributed by atoms with van der Waals surface area (Å²) in [6, 6.07) is 13.2. The summed E-state index contributed by atoms with van der Waals surface area (Å²) >= 11 is 7.69. The number of ether oxygens (including phenoxy) is 1. The average Bonchev–Trinajstić information content (AvgIpc) is 3.14. The number of methoxy groups -OCH3 is 1. The highest BCUT2D eigenvalue weighted by Crippen LogP contribution is 2.34. The van der Waals surface area contributed by atoms with Crippen LogP contribution in [0.25, 0.3) is 16.3 Å². The van der Waals surface area contributed by atoms with Crippen molar-refractivity contribution in [2.45, 2.75) is 6.42 Å². The van der Waals surface area contributed by atoms with Crippen molar-refractivity contribution in [2.75, 3.05) is 39.2 Å². The fourth-order valence-corrected chi connectivity index (χ4v) is 4.11. The van der Waals surface area contributed by atoms with Crippen LogP contribution in [0, 0.1) is 0 Å². The molecule has 152 valence electrons. The van der Waals surface area contributed by atoms with Crippen molar-refractivity contribution < 1.29 is 9.53 Å². The first-order valence-corrected chi connectivity index (χ1v) is 10.5. The number of thiazole rings is 1. The average molecular weight is 430 g/mol. The molecule has 0 atom stereocenters. The molecule has 0 fully saturated rings. The number of anilines is 1. The largest absolute Gasteiger partial charge is 0.494 e. The molecule has 0 saturated heterocycles.